The van der Waals surface area contributed by atoms with Gasteiger partial charge in [0.15, 0.2) is 11.6 Å². The molecule has 1 unspecified atom stereocenters. The van der Waals surface area contributed by atoms with Gasteiger partial charge in [0.1, 0.15) is 5.82 Å². The molecule has 0 saturated carbocycles. The van der Waals surface area contributed by atoms with Crippen molar-refractivity contribution in [1.29, 1.82) is 0 Å². The van der Waals surface area contributed by atoms with Crippen LogP contribution in [0.2, 0.25) is 0 Å². The van der Waals surface area contributed by atoms with Crippen LogP contribution in [-0.2, 0) is 6.54 Å². The lowest BCUT2D eigenvalue weighted by molar-refractivity contribution is 0.123. The summed E-state index contributed by atoms with van der Waals surface area (Å²) in [6.45, 7) is 4.03. The third-order valence-corrected chi connectivity index (χ3v) is 2.53. The van der Waals surface area contributed by atoms with E-state index in [1.165, 1.54) is 0 Å². The second-order valence-corrected chi connectivity index (χ2v) is 4.30. The smallest absolute Gasteiger partial charge is 0.161 e. The molecule has 0 spiro atoms. The summed E-state index contributed by atoms with van der Waals surface area (Å²) in [6, 6.07) is 1.34. The van der Waals surface area contributed by atoms with Crippen molar-refractivity contribution >= 4 is 0 Å². The Morgan fingerprint density at radius 2 is 1.71 bits per heavy atom. The molecule has 0 aliphatic carbocycles. The first kappa shape index (κ1) is 14.0. The summed E-state index contributed by atoms with van der Waals surface area (Å²) in [7, 11) is 0. The topological polar surface area (TPSA) is 32.3 Å². The Bertz CT molecular complexity index is 382. The minimum Gasteiger partial charge on any atom is -0.392 e. The molecular formula is C12H16F3NO. The van der Waals surface area contributed by atoms with Crippen molar-refractivity contribution in [1.82, 2.24) is 5.32 Å². The third kappa shape index (κ3) is 4.02. The van der Waals surface area contributed by atoms with Crippen molar-refractivity contribution in [2.24, 2.45) is 5.92 Å². The van der Waals surface area contributed by atoms with Gasteiger partial charge in [-0.25, -0.2) is 13.2 Å². The Hall–Kier alpha value is -1.07. The second kappa shape index (κ2) is 6.02. The Balaban J connectivity index is 2.55. The van der Waals surface area contributed by atoms with Crippen molar-refractivity contribution in [2.45, 2.75) is 26.5 Å². The van der Waals surface area contributed by atoms with Crippen LogP contribution in [0, 0.1) is 23.4 Å². The van der Waals surface area contributed by atoms with Gasteiger partial charge in [0, 0.05) is 24.7 Å². The van der Waals surface area contributed by atoms with Crippen LogP contribution >= 0.6 is 0 Å². The molecule has 0 aromatic heterocycles. The van der Waals surface area contributed by atoms with E-state index in [0.717, 1.165) is 6.07 Å². The maximum Gasteiger partial charge on any atom is 0.161 e. The zero-order valence-corrected chi connectivity index (χ0v) is 9.80. The molecule has 0 heterocycles. The van der Waals surface area contributed by atoms with E-state index in [9.17, 15) is 18.3 Å². The van der Waals surface area contributed by atoms with E-state index in [2.05, 4.69) is 5.32 Å². The first-order valence-corrected chi connectivity index (χ1v) is 5.44. The van der Waals surface area contributed by atoms with Crippen molar-refractivity contribution in [3.05, 3.63) is 35.1 Å². The van der Waals surface area contributed by atoms with E-state index in [1.807, 2.05) is 13.8 Å². The number of aliphatic hydroxyl groups is 1. The minimum atomic E-state index is -1.20. The Morgan fingerprint density at radius 1 is 1.12 bits per heavy atom. The molecule has 1 atom stereocenters. The number of hydrogen-bond acceptors (Lipinski definition) is 2. The van der Waals surface area contributed by atoms with Gasteiger partial charge in [0.25, 0.3) is 0 Å². The maximum atomic E-state index is 13.2. The average Bonchev–Trinajstić information content (AvgIpc) is 2.25. The zero-order valence-electron chi connectivity index (χ0n) is 9.80. The lowest BCUT2D eigenvalue weighted by Gasteiger charge is -2.15. The summed E-state index contributed by atoms with van der Waals surface area (Å²) < 4.78 is 38.7. The maximum absolute atomic E-state index is 13.2. The van der Waals surface area contributed by atoms with E-state index >= 15 is 0 Å². The standard InChI is InChI=1S/C12H16F3NO/c1-7(2)12(17)6-16-5-8-3-10(14)11(15)4-9(8)13/h3-4,7,12,16-17H,5-6H2,1-2H3. The number of nitrogens with one attached hydrogen (secondary N) is 1. The molecule has 2 nitrogen and oxygen atoms in total. The molecule has 0 fully saturated rings. The lowest BCUT2D eigenvalue weighted by atomic mass is 10.1. The Labute approximate surface area is 98.5 Å². The van der Waals surface area contributed by atoms with E-state index in [1.54, 1.807) is 0 Å². The summed E-state index contributed by atoms with van der Waals surface area (Å²) in [5.41, 5.74) is 0.0415. The SMILES string of the molecule is CC(C)C(O)CNCc1cc(F)c(F)cc1F. The lowest BCUT2D eigenvalue weighted by Crippen LogP contribution is -2.30. The highest BCUT2D eigenvalue weighted by Gasteiger charge is 2.11. The number of rotatable bonds is 5. The van der Waals surface area contributed by atoms with E-state index in [-0.39, 0.29) is 24.6 Å². The molecule has 96 valence electrons. The van der Waals surface area contributed by atoms with Crippen molar-refractivity contribution < 1.29 is 18.3 Å². The van der Waals surface area contributed by atoms with Gasteiger partial charge in [-0.1, -0.05) is 13.8 Å². The highest BCUT2D eigenvalue weighted by atomic mass is 19.2. The Morgan fingerprint density at radius 3 is 2.29 bits per heavy atom. The van der Waals surface area contributed by atoms with Gasteiger partial charge in [0.2, 0.25) is 0 Å². The summed E-state index contributed by atoms with van der Waals surface area (Å²) in [6.07, 6.45) is -0.552. The minimum absolute atomic E-state index is 0.0415. The predicted molar refractivity (Wildman–Crippen MR) is 58.9 cm³/mol. The van der Waals surface area contributed by atoms with E-state index < -0.39 is 23.6 Å². The summed E-state index contributed by atoms with van der Waals surface area (Å²) in [5.74, 6) is -2.99. The van der Waals surface area contributed by atoms with Crippen LogP contribution in [0.5, 0.6) is 0 Å². The van der Waals surface area contributed by atoms with Gasteiger partial charge < -0.3 is 10.4 Å². The molecule has 0 aliphatic rings. The van der Waals surface area contributed by atoms with Gasteiger partial charge in [-0.3, -0.25) is 0 Å². The molecule has 0 bridgehead atoms. The van der Waals surface area contributed by atoms with Gasteiger partial charge in [-0.15, -0.1) is 0 Å². The zero-order chi connectivity index (χ0) is 13.0. The molecule has 2 N–H and O–H groups in total. The van der Waals surface area contributed by atoms with Crippen LogP contribution in [0.25, 0.3) is 0 Å². The second-order valence-electron chi connectivity index (χ2n) is 4.30. The van der Waals surface area contributed by atoms with Gasteiger partial charge in [-0.05, 0) is 12.0 Å². The quantitative estimate of drug-likeness (QED) is 0.782. The molecule has 0 saturated heterocycles. The van der Waals surface area contributed by atoms with E-state index in [0.29, 0.717) is 6.07 Å². The summed E-state index contributed by atoms with van der Waals surface area (Å²) in [5, 5.41) is 12.3. The fourth-order valence-corrected chi connectivity index (χ4v) is 1.29. The van der Waals surface area contributed by atoms with Crippen molar-refractivity contribution in [3.63, 3.8) is 0 Å². The van der Waals surface area contributed by atoms with Crippen LogP contribution in [0.1, 0.15) is 19.4 Å². The molecular weight excluding hydrogens is 231 g/mol. The van der Waals surface area contributed by atoms with Gasteiger partial charge >= 0.3 is 0 Å². The van der Waals surface area contributed by atoms with Crippen LogP contribution in [0.15, 0.2) is 12.1 Å². The molecule has 1 aromatic rings. The third-order valence-electron chi connectivity index (χ3n) is 2.53. The highest BCUT2D eigenvalue weighted by molar-refractivity contribution is 5.19. The number of benzene rings is 1. The van der Waals surface area contributed by atoms with Crippen molar-refractivity contribution in [2.75, 3.05) is 6.54 Å². The normalized spacial score (nSPS) is 13.1. The van der Waals surface area contributed by atoms with Crippen LogP contribution in [0.4, 0.5) is 13.2 Å². The fraction of sp³-hybridized carbons (Fsp3) is 0.500. The predicted octanol–water partition coefficient (Wildman–Crippen LogP) is 2.21. The largest absolute Gasteiger partial charge is 0.392 e. The van der Waals surface area contributed by atoms with Gasteiger partial charge in [-0.2, -0.15) is 0 Å². The highest BCUT2D eigenvalue weighted by Crippen LogP contribution is 2.13. The summed E-state index contributed by atoms with van der Waals surface area (Å²) in [4.78, 5) is 0. The van der Waals surface area contributed by atoms with E-state index in [4.69, 9.17) is 0 Å². The Kier molecular flexibility index (Phi) is 4.96. The fourth-order valence-electron chi connectivity index (χ4n) is 1.29. The number of hydrogen-bond donors (Lipinski definition) is 2. The van der Waals surface area contributed by atoms with Crippen LogP contribution in [0.3, 0.4) is 0 Å². The van der Waals surface area contributed by atoms with Crippen molar-refractivity contribution in [3.8, 4) is 0 Å². The molecule has 1 aromatic carbocycles. The monoisotopic (exact) mass is 247 g/mol. The number of halogens is 3. The molecule has 0 radical (unpaired) electrons. The number of aliphatic hydroxyl groups excluding tert-OH is 1. The van der Waals surface area contributed by atoms with Gasteiger partial charge in [0.05, 0.1) is 6.10 Å². The molecule has 17 heavy (non-hydrogen) atoms. The van der Waals surface area contributed by atoms with Crippen LogP contribution in [-0.4, -0.2) is 17.8 Å². The first-order chi connectivity index (χ1) is 7.91. The summed E-state index contributed by atoms with van der Waals surface area (Å²) >= 11 is 0. The molecule has 0 amide bonds. The molecule has 1 rings (SSSR count). The first-order valence-electron chi connectivity index (χ1n) is 5.44. The molecule has 0 aliphatic heterocycles. The van der Waals surface area contributed by atoms with Crippen LogP contribution < -0.4 is 5.32 Å². The average molecular weight is 247 g/mol. The molecule has 5 heteroatoms.